The van der Waals surface area contributed by atoms with Crippen LogP contribution in [0.1, 0.15) is 28.4 Å². The van der Waals surface area contributed by atoms with Gasteiger partial charge in [-0.3, -0.25) is 9.59 Å². The number of thioether (sulfide) groups is 1. The number of benzene rings is 2. The minimum absolute atomic E-state index is 0.00599. The number of anilines is 1. The largest absolute Gasteiger partial charge is 0.325 e. The summed E-state index contributed by atoms with van der Waals surface area (Å²) in [7, 11) is 0. The Labute approximate surface area is 157 Å². The Morgan fingerprint density at radius 2 is 1.77 bits per heavy atom. The fourth-order valence-corrected chi connectivity index (χ4v) is 3.50. The van der Waals surface area contributed by atoms with Gasteiger partial charge >= 0.3 is 0 Å². The van der Waals surface area contributed by atoms with Crippen LogP contribution in [0.15, 0.2) is 53.6 Å². The first-order valence-corrected chi connectivity index (χ1v) is 9.33. The highest BCUT2D eigenvalue weighted by Crippen LogP contribution is 2.25. The molecule has 1 heterocycles. The number of hydrogen-bond donors (Lipinski definition) is 1. The summed E-state index contributed by atoms with van der Waals surface area (Å²) in [5.41, 5.74) is 4.57. The van der Waals surface area contributed by atoms with Crippen LogP contribution in [-0.4, -0.2) is 22.4 Å². The Balaban J connectivity index is 1.67. The first kappa shape index (κ1) is 18.1. The zero-order chi connectivity index (χ0) is 18.7. The normalized spacial score (nSPS) is 10.7. The van der Waals surface area contributed by atoms with E-state index in [0.717, 1.165) is 27.1 Å². The Hall–Kier alpha value is -2.66. The maximum absolute atomic E-state index is 12.2. The van der Waals surface area contributed by atoms with E-state index in [0.29, 0.717) is 11.3 Å². The van der Waals surface area contributed by atoms with E-state index in [1.165, 1.54) is 18.7 Å². The fourth-order valence-electron chi connectivity index (χ4n) is 2.73. The molecule has 1 N–H and O–H groups in total. The van der Waals surface area contributed by atoms with Gasteiger partial charge in [-0.05, 0) is 62.2 Å². The Morgan fingerprint density at radius 1 is 1.04 bits per heavy atom. The maximum atomic E-state index is 12.2. The standard InChI is InChI=1S/C21H20N2O2S/c1-13-5-4-6-18-14(2)11-20(23-21(13)18)26-12-19(25)22-17-9-7-16(8-10-17)15(3)24/h4-11H,12H2,1-3H3,(H,22,25). The van der Waals surface area contributed by atoms with Crippen molar-refractivity contribution in [2.45, 2.75) is 25.8 Å². The monoisotopic (exact) mass is 364 g/mol. The van der Waals surface area contributed by atoms with E-state index < -0.39 is 0 Å². The molecule has 0 aliphatic heterocycles. The molecule has 4 nitrogen and oxygen atoms in total. The van der Waals surface area contributed by atoms with E-state index in [9.17, 15) is 9.59 Å². The molecule has 0 bridgehead atoms. The average Bonchev–Trinajstić information content (AvgIpc) is 2.61. The van der Waals surface area contributed by atoms with Crippen LogP contribution in [-0.2, 0) is 4.79 Å². The van der Waals surface area contributed by atoms with Gasteiger partial charge < -0.3 is 5.32 Å². The summed E-state index contributed by atoms with van der Waals surface area (Å²) in [4.78, 5) is 28.2. The van der Waals surface area contributed by atoms with E-state index in [-0.39, 0.29) is 17.4 Å². The number of fused-ring (bicyclic) bond motifs is 1. The number of aryl methyl sites for hydroxylation is 2. The molecule has 0 saturated heterocycles. The number of rotatable bonds is 5. The van der Waals surface area contributed by atoms with Gasteiger partial charge in [-0.1, -0.05) is 30.0 Å². The first-order chi connectivity index (χ1) is 12.4. The summed E-state index contributed by atoms with van der Waals surface area (Å²) in [6.07, 6.45) is 0. The Morgan fingerprint density at radius 3 is 2.46 bits per heavy atom. The molecule has 1 amide bonds. The second kappa shape index (κ2) is 7.70. The molecule has 3 aromatic rings. The second-order valence-corrected chi connectivity index (χ2v) is 7.21. The van der Waals surface area contributed by atoms with Crippen molar-refractivity contribution in [2.75, 3.05) is 11.1 Å². The predicted molar refractivity (Wildman–Crippen MR) is 107 cm³/mol. The zero-order valence-corrected chi connectivity index (χ0v) is 15.8. The van der Waals surface area contributed by atoms with Crippen LogP contribution in [0, 0.1) is 13.8 Å². The molecule has 132 valence electrons. The van der Waals surface area contributed by atoms with Gasteiger partial charge in [-0.2, -0.15) is 0 Å². The lowest BCUT2D eigenvalue weighted by Gasteiger charge is -2.09. The minimum atomic E-state index is -0.102. The summed E-state index contributed by atoms with van der Waals surface area (Å²) in [6.45, 7) is 5.62. The number of ketones is 1. The topological polar surface area (TPSA) is 59.1 Å². The number of carbonyl (C=O) groups is 2. The SMILES string of the molecule is CC(=O)c1ccc(NC(=O)CSc2cc(C)c3cccc(C)c3n2)cc1. The van der Waals surface area contributed by atoms with Crippen LogP contribution >= 0.6 is 11.8 Å². The molecule has 0 aliphatic carbocycles. The smallest absolute Gasteiger partial charge is 0.234 e. The van der Waals surface area contributed by atoms with E-state index >= 15 is 0 Å². The van der Waals surface area contributed by atoms with E-state index in [2.05, 4.69) is 18.3 Å². The summed E-state index contributed by atoms with van der Waals surface area (Å²) >= 11 is 1.42. The molecule has 0 radical (unpaired) electrons. The van der Waals surface area contributed by atoms with Crippen LogP contribution in [0.2, 0.25) is 0 Å². The molecule has 0 aliphatic rings. The van der Waals surface area contributed by atoms with Crippen LogP contribution < -0.4 is 5.32 Å². The number of Topliss-reactive ketones (excluding diaryl/α,β-unsaturated/α-hetero) is 1. The van der Waals surface area contributed by atoms with Crippen molar-refractivity contribution in [3.05, 3.63) is 65.2 Å². The molecular formula is C21H20N2O2S. The molecule has 0 spiro atoms. The number of carbonyl (C=O) groups excluding carboxylic acids is 2. The quantitative estimate of drug-likeness (QED) is 0.522. The van der Waals surface area contributed by atoms with Crippen LogP contribution in [0.3, 0.4) is 0 Å². The Bertz CT molecular complexity index is 981. The number of pyridine rings is 1. The molecule has 26 heavy (non-hydrogen) atoms. The fraction of sp³-hybridized carbons (Fsp3) is 0.190. The molecule has 3 rings (SSSR count). The van der Waals surface area contributed by atoms with Crippen molar-refractivity contribution < 1.29 is 9.59 Å². The van der Waals surface area contributed by atoms with Gasteiger partial charge in [0.2, 0.25) is 5.91 Å². The van der Waals surface area contributed by atoms with Crippen molar-refractivity contribution in [3.8, 4) is 0 Å². The van der Waals surface area contributed by atoms with Crippen LogP contribution in [0.25, 0.3) is 10.9 Å². The lowest BCUT2D eigenvalue weighted by Crippen LogP contribution is -2.14. The van der Waals surface area contributed by atoms with Crippen molar-refractivity contribution in [1.82, 2.24) is 4.98 Å². The molecule has 0 saturated carbocycles. The van der Waals surface area contributed by atoms with Gasteiger partial charge in [0.05, 0.1) is 16.3 Å². The molecule has 1 aromatic heterocycles. The summed E-state index contributed by atoms with van der Waals surface area (Å²) < 4.78 is 0. The molecule has 2 aromatic carbocycles. The van der Waals surface area contributed by atoms with Gasteiger partial charge in [0, 0.05) is 16.6 Å². The lowest BCUT2D eigenvalue weighted by atomic mass is 10.1. The van der Waals surface area contributed by atoms with Crippen molar-refractivity contribution >= 4 is 40.0 Å². The third-order valence-corrected chi connectivity index (χ3v) is 5.06. The maximum Gasteiger partial charge on any atom is 0.234 e. The van der Waals surface area contributed by atoms with E-state index in [1.807, 2.05) is 25.1 Å². The molecule has 0 unspecified atom stereocenters. The number of nitrogens with one attached hydrogen (secondary N) is 1. The van der Waals surface area contributed by atoms with Crippen LogP contribution in [0.4, 0.5) is 5.69 Å². The van der Waals surface area contributed by atoms with Crippen molar-refractivity contribution in [1.29, 1.82) is 0 Å². The van der Waals surface area contributed by atoms with Gasteiger partial charge in [0.25, 0.3) is 0 Å². The van der Waals surface area contributed by atoms with Crippen LogP contribution in [0.5, 0.6) is 0 Å². The molecular weight excluding hydrogens is 344 g/mol. The highest BCUT2D eigenvalue weighted by molar-refractivity contribution is 7.99. The summed E-state index contributed by atoms with van der Waals surface area (Å²) in [6, 6.07) is 15.1. The molecule has 0 atom stereocenters. The van der Waals surface area contributed by atoms with Gasteiger partial charge in [-0.15, -0.1) is 0 Å². The zero-order valence-electron chi connectivity index (χ0n) is 15.0. The average molecular weight is 364 g/mol. The predicted octanol–water partition coefficient (Wildman–Crippen LogP) is 4.79. The number of nitrogens with zero attached hydrogens (tertiary/aromatic N) is 1. The number of aromatic nitrogens is 1. The lowest BCUT2D eigenvalue weighted by molar-refractivity contribution is -0.113. The molecule has 5 heteroatoms. The highest BCUT2D eigenvalue weighted by Gasteiger charge is 2.09. The van der Waals surface area contributed by atoms with Gasteiger partial charge in [0.15, 0.2) is 5.78 Å². The highest BCUT2D eigenvalue weighted by atomic mass is 32.2. The van der Waals surface area contributed by atoms with Crippen molar-refractivity contribution in [2.24, 2.45) is 0 Å². The summed E-state index contributed by atoms with van der Waals surface area (Å²) in [5.74, 6) is 0.180. The molecule has 0 fully saturated rings. The van der Waals surface area contributed by atoms with Crippen molar-refractivity contribution in [3.63, 3.8) is 0 Å². The number of para-hydroxylation sites is 1. The summed E-state index contributed by atoms with van der Waals surface area (Å²) in [5, 5.41) is 4.82. The third kappa shape index (κ3) is 4.11. The minimum Gasteiger partial charge on any atom is -0.325 e. The number of hydrogen-bond acceptors (Lipinski definition) is 4. The second-order valence-electron chi connectivity index (χ2n) is 6.22. The first-order valence-electron chi connectivity index (χ1n) is 8.34. The number of amides is 1. The van der Waals surface area contributed by atoms with Gasteiger partial charge in [0.1, 0.15) is 0 Å². The van der Waals surface area contributed by atoms with E-state index in [4.69, 9.17) is 4.98 Å². The van der Waals surface area contributed by atoms with E-state index in [1.54, 1.807) is 24.3 Å². The third-order valence-electron chi connectivity index (χ3n) is 4.15. The van der Waals surface area contributed by atoms with Gasteiger partial charge in [-0.25, -0.2) is 4.98 Å². The Kier molecular flexibility index (Phi) is 5.38.